The third kappa shape index (κ3) is 3.05. The minimum Gasteiger partial charge on any atom is -0.339 e. The summed E-state index contributed by atoms with van der Waals surface area (Å²) in [6, 6.07) is 9.76. The summed E-state index contributed by atoms with van der Waals surface area (Å²) in [5.74, 6) is 0.103. The molecule has 1 aliphatic heterocycles. The molecular weight excluding hydrogens is 352 g/mol. The maximum absolute atomic E-state index is 13.2. The zero-order valence-electron chi connectivity index (χ0n) is 14.1. The lowest BCUT2D eigenvalue weighted by molar-refractivity contribution is 0.0726. The number of piperidine rings is 1. The smallest absolute Gasteiger partial charge is 0.254 e. The van der Waals surface area contributed by atoms with Crippen LogP contribution in [0.15, 0.2) is 35.7 Å². The van der Waals surface area contributed by atoms with Crippen molar-refractivity contribution in [2.45, 2.75) is 26.2 Å². The summed E-state index contributed by atoms with van der Waals surface area (Å²) in [6.45, 7) is 3.64. The van der Waals surface area contributed by atoms with Gasteiger partial charge < -0.3 is 4.90 Å². The lowest BCUT2D eigenvalue weighted by Crippen LogP contribution is -2.35. The molecule has 0 spiro atoms. The number of aryl methyl sites for hydroxylation is 1. The van der Waals surface area contributed by atoms with Crippen LogP contribution in [0, 0.1) is 6.92 Å². The van der Waals surface area contributed by atoms with Crippen LogP contribution in [-0.4, -0.2) is 28.9 Å². The van der Waals surface area contributed by atoms with Crippen LogP contribution >= 0.6 is 22.9 Å². The first kappa shape index (κ1) is 16.6. The summed E-state index contributed by atoms with van der Waals surface area (Å²) < 4.78 is 0. The van der Waals surface area contributed by atoms with E-state index in [4.69, 9.17) is 16.6 Å². The highest BCUT2D eigenvalue weighted by Gasteiger charge is 2.22. The van der Waals surface area contributed by atoms with Crippen molar-refractivity contribution < 1.29 is 4.79 Å². The van der Waals surface area contributed by atoms with Crippen LogP contribution in [0.5, 0.6) is 0 Å². The number of pyridine rings is 1. The lowest BCUT2D eigenvalue weighted by atomic mass is 10.0. The number of nitrogens with zero attached hydrogens (tertiary/aromatic N) is 2. The SMILES string of the molecule is Cc1c(Cl)ccc2c(C(=O)N3CCCCC3)cc(-c3cccs3)nc12. The first-order valence-corrected chi connectivity index (χ1v) is 9.84. The van der Waals surface area contributed by atoms with E-state index in [-0.39, 0.29) is 5.91 Å². The topological polar surface area (TPSA) is 33.2 Å². The Morgan fingerprint density at radius 2 is 2.00 bits per heavy atom. The number of carbonyl (C=O) groups is 1. The second kappa shape index (κ2) is 6.77. The molecule has 3 nitrogen and oxygen atoms in total. The standard InChI is InChI=1S/C20H19ClN2OS/c1-13-16(21)8-7-14-15(20(24)23-9-3-2-4-10-23)12-17(22-19(13)14)18-6-5-11-25-18/h5-8,11-12H,2-4,9-10H2,1H3. The summed E-state index contributed by atoms with van der Waals surface area (Å²) >= 11 is 7.94. The molecule has 5 heteroatoms. The minimum absolute atomic E-state index is 0.103. The molecule has 25 heavy (non-hydrogen) atoms. The number of benzene rings is 1. The van der Waals surface area contributed by atoms with Gasteiger partial charge in [-0.2, -0.15) is 0 Å². The van der Waals surface area contributed by atoms with Crippen molar-refractivity contribution >= 4 is 39.7 Å². The van der Waals surface area contributed by atoms with Crippen molar-refractivity contribution in [3.8, 4) is 10.6 Å². The van der Waals surface area contributed by atoms with E-state index < -0.39 is 0 Å². The molecular formula is C20H19ClN2OS. The third-order valence-corrected chi connectivity index (χ3v) is 6.12. The van der Waals surface area contributed by atoms with Gasteiger partial charge in [-0.1, -0.05) is 23.7 Å². The number of rotatable bonds is 2. The summed E-state index contributed by atoms with van der Waals surface area (Å²) in [7, 11) is 0. The van der Waals surface area contributed by atoms with E-state index in [1.807, 2.05) is 47.5 Å². The predicted octanol–water partition coefficient (Wildman–Crippen LogP) is 5.55. The van der Waals surface area contributed by atoms with E-state index in [9.17, 15) is 4.79 Å². The van der Waals surface area contributed by atoms with Gasteiger partial charge in [0.05, 0.1) is 21.7 Å². The number of aromatic nitrogens is 1. The summed E-state index contributed by atoms with van der Waals surface area (Å²) in [6.07, 6.45) is 3.37. The van der Waals surface area contributed by atoms with Crippen molar-refractivity contribution in [2.75, 3.05) is 13.1 Å². The zero-order valence-corrected chi connectivity index (χ0v) is 15.7. The highest BCUT2D eigenvalue weighted by molar-refractivity contribution is 7.13. The van der Waals surface area contributed by atoms with Crippen LogP contribution in [-0.2, 0) is 0 Å². The fraction of sp³-hybridized carbons (Fsp3) is 0.300. The van der Waals surface area contributed by atoms with Crippen LogP contribution < -0.4 is 0 Å². The Morgan fingerprint density at radius 1 is 1.20 bits per heavy atom. The number of fused-ring (bicyclic) bond motifs is 1. The van der Waals surface area contributed by atoms with Gasteiger partial charge in [-0.05, 0) is 55.3 Å². The number of hydrogen-bond acceptors (Lipinski definition) is 3. The molecule has 3 heterocycles. The maximum atomic E-state index is 13.2. The number of hydrogen-bond donors (Lipinski definition) is 0. The van der Waals surface area contributed by atoms with Gasteiger partial charge in [0.25, 0.3) is 5.91 Å². The van der Waals surface area contributed by atoms with E-state index >= 15 is 0 Å². The molecule has 0 atom stereocenters. The van der Waals surface area contributed by atoms with Crippen LogP contribution in [0.3, 0.4) is 0 Å². The van der Waals surface area contributed by atoms with Crippen molar-refractivity contribution in [1.82, 2.24) is 9.88 Å². The normalized spacial score (nSPS) is 14.9. The Labute approximate surface area is 156 Å². The van der Waals surface area contributed by atoms with Gasteiger partial charge in [-0.3, -0.25) is 4.79 Å². The van der Waals surface area contributed by atoms with E-state index in [0.29, 0.717) is 5.02 Å². The van der Waals surface area contributed by atoms with Crippen LogP contribution in [0.25, 0.3) is 21.5 Å². The molecule has 4 rings (SSSR count). The van der Waals surface area contributed by atoms with E-state index in [0.717, 1.165) is 58.5 Å². The Balaban J connectivity index is 1.92. The minimum atomic E-state index is 0.103. The molecule has 1 saturated heterocycles. The van der Waals surface area contributed by atoms with Crippen LogP contribution in [0.1, 0.15) is 35.2 Å². The van der Waals surface area contributed by atoms with Gasteiger partial charge in [-0.25, -0.2) is 4.98 Å². The highest BCUT2D eigenvalue weighted by atomic mass is 35.5. The zero-order chi connectivity index (χ0) is 17.4. The molecule has 1 amide bonds. The van der Waals surface area contributed by atoms with Gasteiger partial charge in [0.1, 0.15) is 0 Å². The van der Waals surface area contributed by atoms with Gasteiger partial charge in [0, 0.05) is 23.5 Å². The third-order valence-electron chi connectivity index (χ3n) is 4.82. The van der Waals surface area contributed by atoms with Gasteiger partial charge >= 0.3 is 0 Å². The fourth-order valence-electron chi connectivity index (χ4n) is 3.40. The Hall–Kier alpha value is -1.91. The molecule has 0 N–H and O–H groups in total. The second-order valence-electron chi connectivity index (χ2n) is 6.45. The molecule has 0 unspecified atom stereocenters. The average molecular weight is 371 g/mol. The highest BCUT2D eigenvalue weighted by Crippen LogP contribution is 2.32. The van der Waals surface area contributed by atoms with Crippen molar-refractivity contribution in [3.63, 3.8) is 0 Å². The molecule has 1 fully saturated rings. The van der Waals surface area contributed by atoms with Crippen LogP contribution in [0.4, 0.5) is 0 Å². The van der Waals surface area contributed by atoms with E-state index in [2.05, 4.69) is 0 Å². The molecule has 1 aromatic carbocycles. The summed E-state index contributed by atoms with van der Waals surface area (Å²) in [4.78, 5) is 21.1. The van der Waals surface area contributed by atoms with Crippen LogP contribution in [0.2, 0.25) is 5.02 Å². The lowest BCUT2D eigenvalue weighted by Gasteiger charge is -2.27. The fourth-order valence-corrected chi connectivity index (χ4v) is 4.24. The monoisotopic (exact) mass is 370 g/mol. The number of halogens is 1. The second-order valence-corrected chi connectivity index (χ2v) is 7.81. The quantitative estimate of drug-likeness (QED) is 0.592. The Kier molecular flexibility index (Phi) is 4.48. The molecule has 3 aromatic rings. The summed E-state index contributed by atoms with van der Waals surface area (Å²) in [5, 5.41) is 3.59. The Bertz CT molecular complexity index is 931. The molecule has 0 aliphatic carbocycles. The molecule has 1 aliphatic rings. The molecule has 0 saturated carbocycles. The van der Waals surface area contributed by atoms with Crippen molar-refractivity contribution in [2.24, 2.45) is 0 Å². The number of likely N-dealkylation sites (tertiary alicyclic amines) is 1. The first-order valence-electron chi connectivity index (χ1n) is 8.58. The molecule has 2 aromatic heterocycles. The van der Waals surface area contributed by atoms with Gasteiger partial charge in [-0.15, -0.1) is 11.3 Å². The largest absolute Gasteiger partial charge is 0.339 e. The number of carbonyl (C=O) groups excluding carboxylic acids is 1. The molecule has 0 radical (unpaired) electrons. The summed E-state index contributed by atoms with van der Waals surface area (Å²) in [5.41, 5.74) is 3.31. The number of thiophene rings is 1. The molecule has 0 bridgehead atoms. The number of amides is 1. The van der Waals surface area contributed by atoms with Crippen molar-refractivity contribution in [1.29, 1.82) is 0 Å². The molecule has 128 valence electrons. The van der Waals surface area contributed by atoms with Gasteiger partial charge in [0.2, 0.25) is 0 Å². The van der Waals surface area contributed by atoms with E-state index in [1.54, 1.807) is 11.3 Å². The first-order chi connectivity index (χ1) is 12.1. The maximum Gasteiger partial charge on any atom is 0.254 e. The van der Waals surface area contributed by atoms with Gasteiger partial charge in [0.15, 0.2) is 0 Å². The van der Waals surface area contributed by atoms with E-state index in [1.165, 1.54) is 6.42 Å². The van der Waals surface area contributed by atoms with Crippen molar-refractivity contribution in [3.05, 3.63) is 51.9 Å². The predicted molar refractivity (Wildman–Crippen MR) is 105 cm³/mol. The average Bonchev–Trinajstić information content (AvgIpc) is 3.19. The Morgan fingerprint density at radius 3 is 2.72 bits per heavy atom.